The lowest BCUT2D eigenvalue weighted by molar-refractivity contribution is 0.0704. The summed E-state index contributed by atoms with van der Waals surface area (Å²) < 4.78 is 0. The molecule has 0 heterocycles. The number of amides is 2. The first-order valence-corrected chi connectivity index (χ1v) is 8.97. The molecule has 3 rings (SSSR count). The molecule has 0 bridgehead atoms. The normalized spacial score (nSPS) is 33.0. The number of benzene rings is 1. The van der Waals surface area contributed by atoms with Gasteiger partial charge in [-0.2, -0.15) is 0 Å². The summed E-state index contributed by atoms with van der Waals surface area (Å²) >= 11 is 0. The molecule has 2 amide bonds. The Bertz CT molecular complexity index is 624. The fourth-order valence-electron chi connectivity index (χ4n) is 5.30. The maximum absolute atomic E-state index is 11.5. The number of fused-ring (bicyclic) bond motifs is 3. The van der Waals surface area contributed by atoms with Crippen molar-refractivity contribution in [2.45, 2.75) is 76.7 Å². The standard InChI is InChI=1S/C20H30N2O/c1-13(2)14-6-8-16-15(12-14)7-9-17-19(16,3)10-5-11-20(17,4)22-18(21)23/h6,8,12-13,17H,5,7,9-11H2,1-4H3,(H3,21,22,23)/t17-,19-,20-/m1/s1. The molecule has 0 unspecified atom stereocenters. The molecule has 3 heteroatoms. The summed E-state index contributed by atoms with van der Waals surface area (Å²) in [4.78, 5) is 11.5. The third-order valence-electron chi connectivity index (χ3n) is 6.45. The third-order valence-corrected chi connectivity index (χ3v) is 6.45. The Balaban J connectivity index is 2.02. The van der Waals surface area contributed by atoms with Gasteiger partial charge >= 0.3 is 6.03 Å². The van der Waals surface area contributed by atoms with Crippen molar-refractivity contribution in [3.63, 3.8) is 0 Å². The Morgan fingerprint density at radius 3 is 2.70 bits per heavy atom. The van der Waals surface area contributed by atoms with Gasteiger partial charge in [0.15, 0.2) is 0 Å². The van der Waals surface area contributed by atoms with Gasteiger partial charge in [-0.15, -0.1) is 0 Å². The van der Waals surface area contributed by atoms with Gasteiger partial charge in [-0.1, -0.05) is 45.4 Å². The molecule has 0 spiro atoms. The Labute approximate surface area is 140 Å². The monoisotopic (exact) mass is 314 g/mol. The molecule has 2 aliphatic carbocycles. The highest BCUT2D eigenvalue weighted by atomic mass is 16.2. The van der Waals surface area contributed by atoms with E-state index in [4.69, 9.17) is 5.73 Å². The number of carbonyl (C=O) groups excluding carboxylic acids is 1. The summed E-state index contributed by atoms with van der Waals surface area (Å²) in [7, 11) is 0. The zero-order valence-corrected chi connectivity index (χ0v) is 14.9. The summed E-state index contributed by atoms with van der Waals surface area (Å²) in [6.07, 6.45) is 5.58. The van der Waals surface area contributed by atoms with Crippen molar-refractivity contribution in [3.05, 3.63) is 34.9 Å². The van der Waals surface area contributed by atoms with E-state index in [1.807, 2.05) is 0 Å². The number of carbonyl (C=O) groups is 1. The smallest absolute Gasteiger partial charge is 0.312 e. The van der Waals surface area contributed by atoms with Crippen LogP contribution >= 0.6 is 0 Å². The molecule has 1 saturated carbocycles. The minimum absolute atomic E-state index is 0.137. The number of urea groups is 1. The Morgan fingerprint density at radius 2 is 2.04 bits per heavy atom. The molecule has 0 aliphatic heterocycles. The van der Waals surface area contributed by atoms with Crippen molar-refractivity contribution in [2.24, 2.45) is 11.7 Å². The second kappa shape index (κ2) is 5.54. The van der Waals surface area contributed by atoms with Crippen molar-refractivity contribution < 1.29 is 4.79 Å². The fourth-order valence-corrected chi connectivity index (χ4v) is 5.30. The first-order valence-electron chi connectivity index (χ1n) is 8.97. The topological polar surface area (TPSA) is 55.1 Å². The van der Waals surface area contributed by atoms with E-state index in [1.54, 1.807) is 0 Å². The van der Waals surface area contributed by atoms with Crippen LogP contribution in [0.3, 0.4) is 0 Å². The SMILES string of the molecule is CC(C)c1ccc2c(c1)CC[C@H]1[C@](C)(NC(N)=O)CCC[C@]21C. The lowest BCUT2D eigenvalue weighted by Gasteiger charge is -2.55. The van der Waals surface area contributed by atoms with Crippen molar-refractivity contribution in [1.29, 1.82) is 0 Å². The first kappa shape index (κ1) is 16.4. The van der Waals surface area contributed by atoms with Crippen molar-refractivity contribution in [2.75, 3.05) is 0 Å². The van der Waals surface area contributed by atoms with E-state index in [1.165, 1.54) is 23.1 Å². The van der Waals surface area contributed by atoms with Crippen LogP contribution in [0.2, 0.25) is 0 Å². The van der Waals surface area contributed by atoms with Crippen LogP contribution in [0.5, 0.6) is 0 Å². The Hall–Kier alpha value is -1.51. The van der Waals surface area contributed by atoms with Gasteiger partial charge in [-0.05, 0) is 66.5 Å². The predicted octanol–water partition coefficient (Wildman–Crippen LogP) is 4.24. The molecule has 0 radical (unpaired) electrons. The van der Waals surface area contributed by atoms with Crippen LogP contribution in [-0.2, 0) is 11.8 Å². The fraction of sp³-hybridized carbons (Fsp3) is 0.650. The van der Waals surface area contributed by atoms with Crippen LogP contribution in [0, 0.1) is 5.92 Å². The minimum atomic E-state index is -0.391. The number of rotatable bonds is 2. The largest absolute Gasteiger partial charge is 0.352 e. The summed E-state index contributed by atoms with van der Waals surface area (Å²) in [5.74, 6) is 1.02. The summed E-state index contributed by atoms with van der Waals surface area (Å²) in [5, 5.41) is 3.08. The molecule has 1 aromatic rings. The molecule has 3 N–H and O–H groups in total. The van der Waals surface area contributed by atoms with Crippen molar-refractivity contribution in [1.82, 2.24) is 5.32 Å². The number of primary amides is 1. The zero-order chi connectivity index (χ0) is 16.8. The summed E-state index contributed by atoms with van der Waals surface area (Å²) in [5.41, 5.74) is 9.86. The van der Waals surface area contributed by atoms with E-state index in [9.17, 15) is 4.79 Å². The van der Waals surface area contributed by atoms with Gasteiger partial charge in [0.1, 0.15) is 0 Å². The van der Waals surface area contributed by atoms with Gasteiger partial charge in [0.05, 0.1) is 0 Å². The maximum atomic E-state index is 11.5. The van der Waals surface area contributed by atoms with E-state index < -0.39 is 6.03 Å². The molecule has 0 aromatic heterocycles. The van der Waals surface area contributed by atoms with Crippen LogP contribution in [0.15, 0.2) is 18.2 Å². The van der Waals surface area contributed by atoms with Crippen molar-refractivity contribution in [3.8, 4) is 0 Å². The third kappa shape index (κ3) is 2.64. The lowest BCUT2D eigenvalue weighted by atomic mass is 9.52. The summed E-state index contributed by atoms with van der Waals surface area (Å²) in [6.45, 7) is 9.09. The quantitative estimate of drug-likeness (QED) is 0.843. The zero-order valence-electron chi connectivity index (χ0n) is 14.9. The van der Waals surface area contributed by atoms with Crippen molar-refractivity contribution >= 4 is 6.03 Å². The maximum Gasteiger partial charge on any atom is 0.312 e. The molecule has 0 saturated heterocycles. The molecule has 2 aliphatic rings. The molecule has 1 fully saturated rings. The number of nitrogens with two attached hydrogens (primary N) is 1. The van der Waals surface area contributed by atoms with E-state index >= 15 is 0 Å². The van der Waals surface area contributed by atoms with E-state index in [2.05, 4.69) is 51.2 Å². The van der Waals surface area contributed by atoms with E-state index in [0.29, 0.717) is 11.8 Å². The number of hydrogen-bond donors (Lipinski definition) is 2. The summed E-state index contributed by atoms with van der Waals surface area (Å²) in [6, 6.07) is 6.67. The molecule has 126 valence electrons. The van der Waals surface area contributed by atoms with Crippen LogP contribution in [-0.4, -0.2) is 11.6 Å². The minimum Gasteiger partial charge on any atom is -0.352 e. The van der Waals surface area contributed by atoms with Gasteiger partial charge in [-0.3, -0.25) is 0 Å². The molecule has 1 aromatic carbocycles. The van der Waals surface area contributed by atoms with E-state index in [-0.39, 0.29) is 11.0 Å². The second-order valence-electron chi connectivity index (χ2n) is 8.34. The van der Waals surface area contributed by atoms with Gasteiger partial charge in [0.25, 0.3) is 0 Å². The number of aryl methyl sites for hydroxylation is 1. The van der Waals surface area contributed by atoms with Gasteiger partial charge in [-0.25, -0.2) is 4.79 Å². The molecule has 3 nitrogen and oxygen atoms in total. The Morgan fingerprint density at radius 1 is 1.30 bits per heavy atom. The lowest BCUT2D eigenvalue weighted by Crippen LogP contribution is -2.61. The second-order valence-corrected chi connectivity index (χ2v) is 8.34. The van der Waals surface area contributed by atoms with Crippen LogP contribution in [0.4, 0.5) is 4.79 Å². The predicted molar refractivity (Wildman–Crippen MR) is 94.7 cm³/mol. The highest BCUT2D eigenvalue weighted by Crippen LogP contribution is 2.53. The van der Waals surface area contributed by atoms with Crippen LogP contribution < -0.4 is 11.1 Å². The average molecular weight is 314 g/mol. The van der Waals surface area contributed by atoms with Gasteiger partial charge in [0, 0.05) is 5.54 Å². The first-order chi connectivity index (χ1) is 10.8. The average Bonchev–Trinajstić information content (AvgIpc) is 2.45. The molecular formula is C20H30N2O. The van der Waals surface area contributed by atoms with Gasteiger partial charge in [0.2, 0.25) is 0 Å². The van der Waals surface area contributed by atoms with Gasteiger partial charge < -0.3 is 11.1 Å². The number of hydrogen-bond acceptors (Lipinski definition) is 1. The van der Waals surface area contributed by atoms with E-state index in [0.717, 1.165) is 25.7 Å². The van der Waals surface area contributed by atoms with Crippen LogP contribution in [0.25, 0.3) is 0 Å². The van der Waals surface area contributed by atoms with Crippen LogP contribution in [0.1, 0.15) is 76.0 Å². The Kier molecular flexibility index (Phi) is 3.94. The highest BCUT2D eigenvalue weighted by molar-refractivity contribution is 5.72. The number of nitrogens with one attached hydrogen (secondary N) is 1. The molecule has 23 heavy (non-hydrogen) atoms. The molecule has 3 atom stereocenters. The highest BCUT2D eigenvalue weighted by Gasteiger charge is 2.52. The molecular weight excluding hydrogens is 284 g/mol.